The molecule has 0 heterocycles. The van der Waals surface area contributed by atoms with Gasteiger partial charge in [0.2, 0.25) is 0 Å². The first-order chi connectivity index (χ1) is 9.50. The molecule has 112 valence electrons. The molecule has 0 aliphatic heterocycles. The number of nitrogens with zero attached hydrogens (tertiary/aromatic N) is 2. The van der Waals surface area contributed by atoms with Crippen LogP contribution in [-0.4, -0.2) is 42.2 Å². The highest BCUT2D eigenvalue weighted by molar-refractivity contribution is 5.79. The normalized spacial score (nSPS) is 12.3. The van der Waals surface area contributed by atoms with E-state index in [0.29, 0.717) is 13.1 Å². The molecule has 20 heavy (non-hydrogen) atoms. The second kappa shape index (κ2) is 7.90. The standard InChI is InChI=1S/C16H27N3O/c1-5-16(20,6-2)13-18-15(19(3)4)17-12-14-10-8-7-9-11-14/h7-11,20H,5-6,12-13H2,1-4H3,(H,17,18). The van der Waals surface area contributed by atoms with Crippen molar-refractivity contribution in [3.63, 3.8) is 0 Å². The van der Waals surface area contributed by atoms with Gasteiger partial charge in [-0.2, -0.15) is 0 Å². The van der Waals surface area contributed by atoms with Gasteiger partial charge in [0.25, 0.3) is 0 Å². The zero-order valence-corrected chi connectivity index (χ0v) is 13.1. The molecule has 4 heteroatoms. The number of hydrogen-bond donors (Lipinski definition) is 2. The van der Waals surface area contributed by atoms with E-state index in [1.54, 1.807) is 0 Å². The molecule has 1 aromatic rings. The largest absolute Gasteiger partial charge is 0.388 e. The number of benzene rings is 1. The van der Waals surface area contributed by atoms with Crippen LogP contribution < -0.4 is 5.32 Å². The lowest BCUT2D eigenvalue weighted by Gasteiger charge is -2.28. The van der Waals surface area contributed by atoms with Gasteiger partial charge >= 0.3 is 0 Å². The van der Waals surface area contributed by atoms with Gasteiger partial charge in [-0.25, -0.2) is 4.99 Å². The van der Waals surface area contributed by atoms with E-state index in [-0.39, 0.29) is 0 Å². The van der Waals surface area contributed by atoms with Gasteiger partial charge in [0.15, 0.2) is 5.96 Å². The summed E-state index contributed by atoms with van der Waals surface area (Å²) in [5, 5.41) is 13.6. The Morgan fingerprint density at radius 3 is 2.30 bits per heavy atom. The molecular formula is C16H27N3O. The Kier molecular flexibility index (Phi) is 6.52. The van der Waals surface area contributed by atoms with Gasteiger partial charge in [-0.1, -0.05) is 44.2 Å². The monoisotopic (exact) mass is 277 g/mol. The van der Waals surface area contributed by atoms with Crippen molar-refractivity contribution in [2.24, 2.45) is 4.99 Å². The summed E-state index contributed by atoms with van der Waals surface area (Å²) in [6, 6.07) is 10.2. The number of aliphatic imine (C=N–C) groups is 1. The Bertz CT molecular complexity index is 411. The van der Waals surface area contributed by atoms with E-state index >= 15 is 0 Å². The highest BCUT2D eigenvalue weighted by Crippen LogP contribution is 2.13. The van der Waals surface area contributed by atoms with Crippen LogP contribution in [0, 0.1) is 0 Å². The lowest BCUT2D eigenvalue weighted by molar-refractivity contribution is 0.0364. The van der Waals surface area contributed by atoms with E-state index in [4.69, 9.17) is 0 Å². The molecule has 0 aliphatic rings. The second-order valence-electron chi connectivity index (χ2n) is 5.30. The molecular weight excluding hydrogens is 250 g/mol. The van der Waals surface area contributed by atoms with Crippen LogP contribution in [0.4, 0.5) is 0 Å². The van der Waals surface area contributed by atoms with Crippen LogP contribution in [0.5, 0.6) is 0 Å². The molecule has 0 unspecified atom stereocenters. The fourth-order valence-electron chi connectivity index (χ4n) is 1.85. The van der Waals surface area contributed by atoms with Crippen molar-refractivity contribution < 1.29 is 5.11 Å². The van der Waals surface area contributed by atoms with Crippen molar-refractivity contribution in [1.82, 2.24) is 10.2 Å². The van der Waals surface area contributed by atoms with Crippen molar-refractivity contribution in [3.8, 4) is 0 Å². The minimum atomic E-state index is -0.663. The maximum Gasteiger partial charge on any atom is 0.193 e. The fourth-order valence-corrected chi connectivity index (χ4v) is 1.85. The Morgan fingerprint density at radius 1 is 1.20 bits per heavy atom. The quantitative estimate of drug-likeness (QED) is 0.619. The average molecular weight is 277 g/mol. The molecule has 0 saturated carbocycles. The van der Waals surface area contributed by atoms with Gasteiger partial charge in [0, 0.05) is 20.6 Å². The first kappa shape index (κ1) is 16.5. The van der Waals surface area contributed by atoms with E-state index in [1.807, 2.05) is 51.0 Å². The molecule has 0 radical (unpaired) electrons. The number of rotatable bonds is 6. The molecule has 0 aliphatic carbocycles. The van der Waals surface area contributed by atoms with Crippen molar-refractivity contribution >= 4 is 5.96 Å². The maximum absolute atomic E-state index is 10.3. The molecule has 1 aromatic carbocycles. The second-order valence-corrected chi connectivity index (χ2v) is 5.30. The number of guanidine groups is 1. The van der Waals surface area contributed by atoms with Gasteiger partial charge < -0.3 is 15.3 Å². The van der Waals surface area contributed by atoms with Gasteiger partial charge in [-0.05, 0) is 18.4 Å². The van der Waals surface area contributed by atoms with Gasteiger partial charge in [0.1, 0.15) is 0 Å². The molecule has 2 N–H and O–H groups in total. The molecule has 0 atom stereocenters. The maximum atomic E-state index is 10.3. The van der Waals surface area contributed by atoms with E-state index < -0.39 is 5.60 Å². The molecule has 0 spiro atoms. The highest BCUT2D eigenvalue weighted by atomic mass is 16.3. The van der Waals surface area contributed by atoms with Gasteiger partial charge in [-0.3, -0.25) is 0 Å². The lowest BCUT2D eigenvalue weighted by Crippen LogP contribution is -2.46. The summed E-state index contributed by atoms with van der Waals surface area (Å²) < 4.78 is 0. The van der Waals surface area contributed by atoms with Gasteiger partial charge in [0.05, 0.1) is 12.1 Å². The topological polar surface area (TPSA) is 47.9 Å². The van der Waals surface area contributed by atoms with Crippen LogP contribution in [0.1, 0.15) is 32.3 Å². The van der Waals surface area contributed by atoms with Crippen molar-refractivity contribution in [2.45, 2.75) is 38.8 Å². The Morgan fingerprint density at radius 2 is 1.80 bits per heavy atom. The summed E-state index contributed by atoms with van der Waals surface area (Å²) in [7, 11) is 3.90. The number of hydrogen-bond acceptors (Lipinski definition) is 2. The van der Waals surface area contributed by atoms with Crippen LogP contribution in [0.3, 0.4) is 0 Å². The summed E-state index contributed by atoms with van der Waals surface area (Å²) in [6.45, 7) is 5.16. The Balaban J connectivity index is 2.65. The first-order valence-corrected chi connectivity index (χ1v) is 7.22. The number of nitrogens with one attached hydrogen (secondary N) is 1. The predicted molar refractivity (Wildman–Crippen MR) is 84.8 cm³/mol. The zero-order valence-electron chi connectivity index (χ0n) is 13.1. The van der Waals surface area contributed by atoms with E-state index in [2.05, 4.69) is 22.4 Å². The lowest BCUT2D eigenvalue weighted by atomic mass is 9.98. The third-order valence-electron chi connectivity index (χ3n) is 3.57. The Hall–Kier alpha value is -1.55. The molecule has 0 saturated heterocycles. The molecule has 0 fully saturated rings. The summed E-state index contributed by atoms with van der Waals surface area (Å²) in [6.07, 6.45) is 1.46. The molecule has 1 rings (SSSR count). The van der Waals surface area contributed by atoms with E-state index in [0.717, 1.165) is 18.8 Å². The SMILES string of the molecule is CCC(O)(CC)CNC(=NCc1ccccc1)N(C)C. The van der Waals surface area contributed by atoms with E-state index in [1.165, 1.54) is 5.56 Å². The third-order valence-corrected chi connectivity index (χ3v) is 3.57. The summed E-state index contributed by atoms with van der Waals surface area (Å²) in [5.41, 5.74) is 0.513. The van der Waals surface area contributed by atoms with Crippen molar-refractivity contribution in [1.29, 1.82) is 0 Å². The minimum absolute atomic E-state index is 0.520. The first-order valence-electron chi connectivity index (χ1n) is 7.22. The smallest absolute Gasteiger partial charge is 0.193 e. The summed E-state index contributed by atoms with van der Waals surface area (Å²) >= 11 is 0. The van der Waals surface area contributed by atoms with Crippen LogP contribution in [0.2, 0.25) is 0 Å². The number of aliphatic hydroxyl groups is 1. The molecule has 0 bridgehead atoms. The summed E-state index contributed by atoms with van der Waals surface area (Å²) in [5.74, 6) is 0.800. The molecule has 0 aromatic heterocycles. The van der Waals surface area contributed by atoms with Crippen molar-refractivity contribution in [2.75, 3.05) is 20.6 Å². The average Bonchev–Trinajstić information content (AvgIpc) is 2.47. The summed E-state index contributed by atoms with van der Waals surface area (Å²) in [4.78, 5) is 6.52. The predicted octanol–water partition coefficient (Wildman–Crippen LogP) is 2.24. The minimum Gasteiger partial charge on any atom is -0.388 e. The van der Waals surface area contributed by atoms with Crippen LogP contribution in [-0.2, 0) is 6.54 Å². The van der Waals surface area contributed by atoms with Crippen LogP contribution >= 0.6 is 0 Å². The molecule has 4 nitrogen and oxygen atoms in total. The van der Waals surface area contributed by atoms with Crippen LogP contribution in [0.25, 0.3) is 0 Å². The molecule has 0 amide bonds. The zero-order chi connectivity index (χ0) is 15.0. The highest BCUT2D eigenvalue weighted by Gasteiger charge is 2.22. The van der Waals surface area contributed by atoms with E-state index in [9.17, 15) is 5.11 Å². The van der Waals surface area contributed by atoms with Gasteiger partial charge in [-0.15, -0.1) is 0 Å². The third kappa shape index (κ3) is 5.21. The van der Waals surface area contributed by atoms with Crippen molar-refractivity contribution in [3.05, 3.63) is 35.9 Å². The van der Waals surface area contributed by atoms with Crippen LogP contribution in [0.15, 0.2) is 35.3 Å². The Labute approximate surface area is 122 Å². The fraction of sp³-hybridized carbons (Fsp3) is 0.562.